The van der Waals surface area contributed by atoms with Crippen LogP contribution in [0.25, 0.3) is 16.7 Å². The number of methoxy groups -OCH3 is 1. The summed E-state index contributed by atoms with van der Waals surface area (Å²) < 4.78 is 17.5. The summed E-state index contributed by atoms with van der Waals surface area (Å²) in [5.41, 5.74) is 3.31. The van der Waals surface area contributed by atoms with Crippen LogP contribution in [0.3, 0.4) is 0 Å². The lowest BCUT2D eigenvalue weighted by Gasteiger charge is -2.25. The summed E-state index contributed by atoms with van der Waals surface area (Å²) in [6.45, 7) is 0.549. The lowest BCUT2D eigenvalue weighted by Crippen LogP contribution is -2.41. The highest BCUT2D eigenvalue weighted by Gasteiger charge is 2.23. The van der Waals surface area contributed by atoms with Crippen molar-refractivity contribution in [2.45, 2.75) is 38.3 Å². The molecular weight excluding hydrogens is 420 g/mol. The molecule has 0 unspecified atom stereocenters. The number of nitrogens with zero attached hydrogens (tertiary/aromatic N) is 3. The highest BCUT2D eigenvalue weighted by molar-refractivity contribution is 5.84. The molecule has 1 saturated carbocycles. The van der Waals surface area contributed by atoms with E-state index >= 15 is 0 Å². The van der Waals surface area contributed by atoms with E-state index in [1.807, 2.05) is 18.2 Å². The maximum Gasteiger partial charge on any atom is 0.322 e. The van der Waals surface area contributed by atoms with E-state index < -0.39 is 0 Å². The number of hydrogen-bond acceptors (Lipinski definition) is 6. The van der Waals surface area contributed by atoms with E-state index in [9.17, 15) is 10.1 Å². The van der Waals surface area contributed by atoms with Crippen molar-refractivity contribution >= 4 is 22.7 Å². The van der Waals surface area contributed by atoms with E-state index in [-0.39, 0.29) is 18.7 Å². The Morgan fingerprint density at radius 1 is 1.24 bits per heavy atom. The summed E-state index contributed by atoms with van der Waals surface area (Å²) in [4.78, 5) is 18.5. The quantitative estimate of drug-likeness (QED) is 0.597. The van der Waals surface area contributed by atoms with Gasteiger partial charge in [0.2, 0.25) is 5.89 Å². The Labute approximate surface area is 191 Å². The standard InChI is InChI=1S/C25H24N4O4/c1-31-21-10-9-16(11-22(21)32-19-6-2-3-7-19)18-13-27-25(30)29(14-18)15-23-28-20-8-4-5-17(12-26)24(20)33-23/h4-5,8-11,14,19H,2-3,6-7,13,15H2,1H3,(H,27,30). The van der Waals surface area contributed by atoms with Gasteiger partial charge >= 0.3 is 6.03 Å². The van der Waals surface area contributed by atoms with Crippen LogP contribution in [0.1, 0.15) is 42.7 Å². The molecule has 0 saturated heterocycles. The summed E-state index contributed by atoms with van der Waals surface area (Å²) in [5.74, 6) is 1.78. The van der Waals surface area contributed by atoms with Crippen LogP contribution >= 0.6 is 0 Å². The van der Waals surface area contributed by atoms with Gasteiger partial charge in [-0.3, -0.25) is 4.90 Å². The van der Waals surface area contributed by atoms with Crippen molar-refractivity contribution in [1.82, 2.24) is 15.2 Å². The monoisotopic (exact) mass is 444 g/mol. The van der Waals surface area contributed by atoms with Crippen LogP contribution in [0.5, 0.6) is 11.5 Å². The van der Waals surface area contributed by atoms with E-state index in [2.05, 4.69) is 16.4 Å². The second-order valence-electron chi connectivity index (χ2n) is 8.20. The number of benzene rings is 2. The summed E-state index contributed by atoms with van der Waals surface area (Å²) in [6.07, 6.45) is 6.49. The summed E-state index contributed by atoms with van der Waals surface area (Å²) in [7, 11) is 1.64. The molecule has 8 nitrogen and oxygen atoms in total. The molecule has 2 heterocycles. The number of para-hydroxylation sites is 1. The first-order valence-corrected chi connectivity index (χ1v) is 11.0. The van der Waals surface area contributed by atoms with Gasteiger partial charge in [-0.15, -0.1) is 0 Å². The fourth-order valence-electron chi connectivity index (χ4n) is 4.31. The Bertz CT molecular complexity index is 1270. The molecule has 1 aliphatic heterocycles. The van der Waals surface area contributed by atoms with Crippen LogP contribution in [0.15, 0.2) is 47.0 Å². The second kappa shape index (κ2) is 8.87. The third kappa shape index (κ3) is 4.22. The van der Waals surface area contributed by atoms with Gasteiger partial charge < -0.3 is 19.2 Å². The molecule has 0 spiro atoms. The zero-order valence-corrected chi connectivity index (χ0v) is 18.3. The van der Waals surface area contributed by atoms with Crippen LogP contribution < -0.4 is 14.8 Å². The predicted molar refractivity (Wildman–Crippen MR) is 122 cm³/mol. The number of carbonyl (C=O) groups excluding carboxylic acids is 1. The number of oxazole rings is 1. The van der Waals surface area contributed by atoms with Crippen LogP contribution in [-0.2, 0) is 6.54 Å². The Balaban J connectivity index is 1.41. The molecule has 0 radical (unpaired) electrons. The van der Waals surface area contributed by atoms with E-state index in [1.54, 1.807) is 31.5 Å². The minimum atomic E-state index is -0.238. The molecule has 2 amide bonds. The van der Waals surface area contributed by atoms with Crippen molar-refractivity contribution in [3.8, 4) is 17.6 Å². The molecule has 0 bridgehead atoms. The summed E-state index contributed by atoms with van der Waals surface area (Å²) in [6, 6.07) is 12.9. The van der Waals surface area contributed by atoms with Crippen molar-refractivity contribution in [2.24, 2.45) is 0 Å². The third-order valence-corrected chi connectivity index (χ3v) is 6.02. The van der Waals surface area contributed by atoms with Crippen molar-refractivity contribution in [3.63, 3.8) is 0 Å². The van der Waals surface area contributed by atoms with Crippen molar-refractivity contribution in [2.75, 3.05) is 13.7 Å². The van der Waals surface area contributed by atoms with Crippen molar-refractivity contribution < 1.29 is 18.7 Å². The molecule has 2 aliphatic rings. The van der Waals surface area contributed by atoms with Crippen molar-refractivity contribution in [1.29, 1.82) is 5.26 Å². The zero-order valence-electron chi connectivity index (χ0n) is 18.3. The Kier molecular flexibility index (Phi) is 5.61. The van der Waals surface area contributed by atoms with Gasteiger partial charge in [0.1, 0.15) is 18.1 Å². The van der Waals surface area contributed by atoms with E-state index in [0.717, 1.165) is 24.0 Å². The minimum Gasteiger partial charge on any atom is -0.493 e. The Morgan fingerprint density at radius 2 is 2.09 bits per heavy atom. The second-order valence-corrected chi connectivity index (χ2v) is 8.20. The first kappa shape index (κ1) is 20.9. The van der Waals surface area contributed by atoms with Gasteiger partial charge in [-0.1, -0.05) is 12.1 Å². The number of nitriles is 1. The number of rotatable bonds is 6. The van der Waals surface area contributed by atoms with E-state index in [0.29, 0.717) is 40.6 Å². The Morgan fingerprint density at radius 3 is 2.88 bits per heavy atom. The maximum absolute atomic E-state index is 12.5. The van der Waals surface area contributed by atoms with Gasteiger partial charge in [-0.05, 0) is 61.1 Å². The third-order valence-electron chi connectivity index (χ3n) is 6.02. The smallest absolute Gasteiger partial charge is 0.322 e. The van der Waals surface area contributed by atoms with Gasteiger partial charge in [-0.25, -0.2) is 9.78 Å². The van der Waals surface area contributed by atoms with Gasteiger partial charge in [-0.2, -0.15) is 5.26 Å². The largest absolute Gasteiger partial charge is 0.493 e. The highest BCUT2D eigenvalue weighted by Crippen LogP contribution is 2.34. The molecule has 3 aromatic rings. The highest BCUT2D eigenvalue weighted by atomic mass is 16.5. The fourth-order valence-corrected chi connectivity index (χ4v) is 4.31. The first-order valence-electron chi connectivity index (χ1n) is 11.0. The van der Waals surface area contributed by atoms with Gasteiger partial charge in [0, 0.05) is 12.7 Å². The van der Waals surface area contributed by atoms with Gasteiger partial charge in [0.25, 0.3) is 0 Å². The number of aromatic nitrogens is 1. The zero-order chi connectivity index (χ0) is 22.8. The van der Waals surface area contributed by atoms with Crippen LogP contribution in [0.4, 0.5) is 4.79 Å². The molecule has 8 heteroatoms. The van der Waals surface area contributed by atoms with Crippen LogP contribution in [0, 0.1) is 11.3 Å². The van der Waals surface area contributed by atoms with E-state index in [4.69, 9.17) is 13.9 Å². The molecule has 5 rings (SSSR count). The predicted octanol–water partition coefficient (Wildman–Crippen LogP) is 4.60. The number of nitrogens with one attached hydrogen (secondary N) is 1. The van der Waals surface area contributed by atoms with Crippen LogP contribution in [-0.4, -0.2) is 35.7 Å². The number of fused-ring (bicyclic) bond motifs is 1. The number of carbonyl (C=O) groups is 1. The molecule has 2 aromatic carbocycles. The molecule has 1 aromatic heterocycles. The molecule has 1 N–H and O–H groups in total. The molecule has 0 atom stereocenters. The number of ether oxygens (including phenoxy) is 2. The molecule has 1 fully saturated rings. The lowest BCUT2D eigenvalue weighted by molar-refractivity contribution is 0.200. The Hall–Kier alpha value is -3.99. The topological polar surface area (TPSA) is 101 Å². The van der Waals surface area contributed by atoms with Crippen molar-refractivity contribution in [3.05, 3.63) is 59.6 Å². The number of urea groups is 1. The van der Waals surface area contributed by atoms with Gasteiger partial charge in [0.15, 0.2) is 17.1 Å². The fraction of sp³-hybridized carbons (Fsp3) is 0.320. The lowest BCUT2D eigenvalue weighted by atomic mass is 10.0. The average molecular weight is 444 g/mol. The molecular formula is C25H24N4O4. The summed E-state index contributed by atoms with van der Waals surface area (Å²) >= 11 is 0. The number of amides is 2. The SMILES string of the molecule is COc1ccc(C2=CN(Cc3nc4cccc(C#N)c4o3)C(=O)NC2)cc1OC1CCCC1. The first-order chi connectivity index (χ1) is 16.1. The maximum atomic E-state index is 12.5. The molecule has 1 aliphatic carbocycles. The molecule has 168 valence electrons. The summed E-state index contributed by atoms with van der Waals surface area (Å²) in [5, 5.41) is 12.2. The normalized spacial score (nSPS) is 16.4. The number of hydrogen-bond donors (Lipinski definition) is 1. The molecule has 33 heavy (non-hydrogen) atoms. The minimum absolute atomic E-state index is 0.149. The van der Waals surface area contributed by atoms with E-state index in [1.165, 1.54) is 17.7 Å². The van der Waals surface area contributed by atoms with Gasteiger partial charge in [0.05, 0.1) is 18.8 Å². The van der Waals surface area contributed by atoms with Crippen LogP contribution in [0.2, 0.25) is 0 Å². The average Bonchev–Trinajstić information content (AvgIpc) is 3.49.